The average molecular weight is 384 g/mol. The number of nitrogens with one attached hydrogen (secondary N) is 2. The Morgan fingerprint density at radius 2 is 1.93 bits per heavy atom. The van der Waals surface area contributed by atoms with Crippen LogP contribution in [0.2, 0.25) is 0 Å². The van der Waals surface area contributed by atoms with Crippen molar-refractivity contribution in [3.8, 4) is 5.75 Å². The fraction of sp³-hybridized carbons (Fsp3) is 0.150. The number of carbonyl (C=O) groups is 1. The smallest absolute Gasteiger partial charge is 0.271 e. The van der Waals surface area contributed by atoms with E-state index < -0.39 is 11.6 Å². The Hall–Kier alpha value is -3.55. The van der Waals surface area contributed by atoms with E-state index in [1.54, 1.807) is 7.11 Å². The van der Waals surface area contributed by atoms with Crippen LogP contribution in [0.25, 0.3) is 0 Å². The number of halogens is 2. The normalized spacial score (nSPS) is 10.4. The van der Waals surface area contributed by atoms with Crippen molar-refractivity contribution < 1.29 is 18.3 Å². The number of benzene rings is 2. The van der Waals surface area contributed by atoms with Crippen LogP contribution in [0.3, 0.4) is 0 Å². The molecule has 2 aromatic carbocycles. The van der Waals surface area contributed by atoms with Gasteiger partial charge in [-0.15, -0.1) is 0 Å². The van der Waals surface area contributed by atoms with Crippen molar-refractivity contribution in [1.29, 1.82) is 0 Å². The molecule has 3 aromatic rings. The van der Waals surface area contributed by atoms with Crippen molar-refractivity contribution in [2.45, 2.75) is 6.42 Å². The quantitative estimate of drug-likeness (QED) is 0.652. The zero-order valence-electron chi connectivity index (χ0n) is 15.1. The van der Waals surface area contributed by atoms with Crippen molar-refractivity contribution >= 4 is 17.4 Å². The van der Waals surface area contributed by atoms with Crippen LogP contribution < -0.4 is 15.4 Å². The standard InChI is InChI=1S/C20H18F2N4O2/c1-28-15-4-2-3-13(9-15)7-8-23-20(27)18-11-25-19(12-24-18)26-14-5-6-16(21)17(22)10-14/h2-6,9-12H,7-8H2,1H3,(H,23,27)(H,25,26). The number of aromatic nitrogens is 2. The number of hydrogen-bond acceptors (Lipinski definition) is 5. The number of methoxy groups -OCH3 is 1. The molecule has 1 heterocycles. The number of anilines is 2. The van der Waals surface area contributed by atoms with E-state index >= 15 is 0 Å². The summed E-state index contributed by atoms with van der Waals surface area (Å²) in [6, 6.07) is 11.0. The molecule has 0 radical (unpaired) electrons. The molecule has 3 rings (SSSR count). The molecule has 144 valence electrons. The molecule has 8 heteroatoms. The molecule has 28 heavy (non-hydrogen) atoms. The summed E-state index contributed by atoms with van der Waals surface area (Å²) >= 11 is 0. The highest BCUT2D eigenvalue weighted by atomic mass is 19.2. The van der Waals surface area contributed by atoms with Gasteiger partial charge in [0.05, 0.1) is 19.5 Å². The Morgan fingerprint density at radius 1 is 1.07 bits per heavy atom. The van der Waals surface area contributed by atoms with Crippen molar-refractivity contribution in [3.63, 3.8) is 0 Å². The average Bonchev–Trinajstić information content (AvgIpc) is 2.71. The first-order chi connectivity index (χ1) is 13.5. The Bertz CT molecular complexity index is 965. The molecular formula is C20H18F2N4O2. The predicted octanol–water partition coefficient (Wildman–Crippen LogP) is 3.48. The van der Waals surface area contributed by atoms with Crippen LogP contribution >= 0.6 is 0 Å². The number of ether oxygens (including phenoxy) is 1. The monoisotopic (exact) mass is 384 g/mol. The van der Waals surface area contributed by atoms with E-state index in [9.17, 15) is 13.6 Å². The van der Waals surface area contributed by atoms with Gasteiger partial charge < -0.3 is 15.4 Å². The van der Waals surface area contributed by atoms with E-state index in [0.29, 0.717) is 24.5 Å². The maximum absolute atomic E-state index is 13.2. The van der Waals surface area contributed by atoms with Crippen LogP contribution in [0.1, 0.15) is 16.1 Å². The van der Waals surface area contributed by atoms with Crippen molar-refractivity contribution in [2.75, 3.05) is 19.0 Å². The molecule has 0 bridgehead atoms. The number of hydrogen-bond donors (Lipinski definition) is 2. The van der Waals surface area contributed by atoms with E-state index in [2.05, 4.69) is 20.6 Å². The van der Waals surface area contributed by atoms with Gasteiger partial charge >= 0.3 is 0 Å². The Labute approximate surface area is 160 Å². The second kappa shape index (κ2) is 8.90. The van der Waals surface area contributed by atoms with Gasteiger partial charge in [-0.05, 0) is 36.2 Å². The maximum Gasteiger partial charge on any atom is 0.271 e. The third kappa shape index (κ3) is 5.00. The Kier molecular flexibility index (Phi) is 6.11. The highest BCUT2D eigenvalue weighted by Crippen LogP contribution is 2.17. The topological polar surface area (TPSA) is 76.1 Å². The van der Waals surface area contributed by atoms with Gasteiger partial charge in [0.15, 0.2) is 11.6 Å². The first-order valence-electron chi connectivity index (χ1n) is 8.50. The zero-order chi connectivity index (χ0) is 19.9. The SMILES string of the molecule is COc1cccc(CCNC(=O)c2cnc(Nc3ccc(F)c(F)c3)cn2)c1. The Morgan fingerprint density at radius 3 is 2.64 bits per heavy atom. The van der Waals surface area contributed by atoms with Gasteiger partial charge in [-0.25, -0.2) is 18.7 Å². The van der Waals surface area contributed by atoms with Crippen LogP contribution in [0.5, 0.6) is 5.75 Å². The zero-order valence-corrected chi connectivity index (χ0v) is 15.1. The molecule has 0 aliphatic rings. The number of amides is 1. The Balaban J connectivity index is 1.53. The second-order valence-electron chi connectivity index (χ2n) is 5.90. The minimum atomic E-state index is -0.968. The summed E-state index contributed by atoms with van der Waals surface area (Å²) < 4.78 is 31.3. The molecule has 0 fully saturated rings. The summed E-state index contributed by atoms with van der Waals surface area (Å²) in [5, 5.41) is 5.56. The summed E-state index contributed by atoms with van der Waals surface area (Å²) in [6.45, 7) is 0.433. The van der Waals surface area contributed by atoms with Crippen molar-refractivity contribution in [2.24, 2.45) is 0 Å². The molecule has 0 aliphatic carbocycles. The molecule has 0 spiro atoms. The minimum absolute atomic E-state index is 0.154. The third-order valence-electron chi connectivity index (χ3n) is 3.91. The lowest BCUT2D eigenvalue weighted by Crippen LogP contribution is -2.26. The maximum atomic E-state index is 13.2. The molecule has 2 N–H and O–H groups in total. The first kappa shape index (κ1) is 19.2. The molecule has 0 unspecified atom stereocenters. The van der Waals surface area contributed by atoms with Gasteiger partial charge in [-0.1, -0.05) is 12.1 Å². The van der Waals surface area contributed by atoms with Gasteiger partial charge in [0, 0.05) is 18.3 Å². The van der Waals surface area contributed by atoms with Crippen LogP contribution in [-0.4, -0.2) is 29.5 Å². The van der Waals surface area contributed by atoms with E-state index in [4.69, 9.17) is 4.74 Å². The predicted molar refractivity (Wildman–Crippen MR) is 101 cm³/mol. The third-order valence-corrected chi connectivity index (χ3v) is 3.91. The van der Waals surface area contributed by atoms with E-state index in [0.717, 1.165) is 23.4 Å². The molecule has 0 atom stereocenters. The summed E-state index contributed by atoms with van der Waals surface area (Å²) in [4.78, 5) is 20.3. The summed E-state index contributed by atoms with van der Waals surface area (Å²) in [7, 11) is 1.60. The molecule has 0 aliphatic heterocycles. The molecule has 1 aromatic heterocycles. The van der Waals surface area contributed by atoms with Crippen LogP contribution in [0.4, 0.5) is 20.3 Å². The number of rotatable bonds is 7. The van der Waals surface area contributed by atoms with E-state index in [-0.39, 0.29) is 11.6 Å². The largest absolute Gasteiger partial charge is 0.497 e. The fourth-order valence-electron chi connectivity index (χ4n) is 2.47. The second-order valence-corrected chi connectivity index (χ2v) is 5.90. The molecule has 0 saturated heterocycles. The van der Waals surface area contributed by atoms with Crippen molar-refractivity contribution in [3.05, 3.63) is 77.8 Å². The minimum Gasteiger partial charge on any atom is -0.497 e. The van der Waals surface area contributed by atoms with Gasteiger partial charge in [-0.2, -0.15) is 0 Å². The molecule has 1 amide bonds. The van der Waals surface area contributed by atoms with Crippen LogP contribution in [0, 0.1) is 11.6 Å². The molecular weight excluding hydrogens is 366 g/mol. The summed E-state index contributed by atoms with van der Waals surface area (Å²) in [5.41, 5.74) is 1.52. The lowest BCUT2D eigenvalue weighted by atomic mass is 10.1. The number of carbonyl (C=O) groups excluding carboxylic acids is 1. The van der Waals surface area contributed by atoms with E-state index in [1.807, 2.05) is 24.3 Å². The van der Waals surface area contributed by atoms with E-state index in [1.165, 1.54) is 18.5 Å². The van der Waals surface area contributed by atoms with Crippen molar-refractivity contribution in [1.82, 2.24) is 15.3 Å². The van der Waals surface area contributed by atoms with Gasteiger partial charge in [0.1, 0.15) is 17.3 Å². The van der Waals surface area contributed by atoms with Crippen LogP contribution in [-0.2, 0) is 6.42 Å². The van der Waals surface area contributed by atoms with Gasteiger partial charge in [-0.3, -0.25) is 4.79 Å². The molecule has 6 nitrogen and oxygen atoms in total. The van der Waals surface area contributed by atoms with Gasteiger partial charge in [0.2, 0.25) is 0 Å². The number of nitrogens with zero attached hydrogens (tertiary/aromatic N) is 2. The van der Waals surface area contributed by atoms with Gasteiger partial charge in [0.25, 0.3) is 5.91 Å². The lowest BCUT2D eigenvalue weighted by Gasteiger charge is -2.08. The molecule has 0 saturated carbocycles. The highest BCUT2D eigenvalue weighted by Gasteiger charge is 2.09. The lowest BCUT2D eigenvalue weighted by molar-refractivity contribution is 0.0949. The fourth-order valence-corrected chi connectivity index (χ4v) is 2.47. The highest BCUT2D eigenvalue weighted by molar-refractivity contribution is 5.92. The summed E-state index contributed by atoms with van der Waals surface area (Å²) in [5.74, 6) is -1.19. The summed E-state index contributed by atoms with van der Waals surface area (Å²) in [6.07, 6.45) is 3.30. The van der Waals surface area contributed by atoms with Crippen LogP contribution in [0.15, 0.2) is 54.9 Å². The first-order valence-corrected chi connectivity index (χ1v) is 8.50.